The zero-order chi connectivity index (χ0) is 16.6. The predicted octanol–water partition coefficient (Wildman–Crippen LogP) is 3.65. The molecule has 0 amide bonds. The Balaban J connectivity index is 2.51. The third kappa shape index (κ3) is 2.69. The van der Waals surface area contributed by atoms with Crippen LogP contribution in [-0.4, -0.2) is 26.9 Å². The number of hydrogen-bond acceptors (Lipinski definition) is 3. The molecule has 0 bridgehead atoms. The normalized spacial score (nSPS) is 12.3. The molecule has 2 aromatic carbocycles. The number of aromatic carboxylic acids is 1. The Morgan fingerprint density at radius 3 is 2.43 bits per heavy atom. The van der Waals surface area contributed by atoms with Crippen LogP contribution in [0.1, 0.15) is 15.9 Å². The predicted molar refractivity (Wildman–Crippen MR) is 91.2 cm³/mol. The van der Waals surface area contributed by atoms with Crippen LogP contribution in [0.3, 0.4) is 0 Å². The summed E-state index contributed by atoms with van der Waals surface area (Å²) in [6.45, 7) is 1.83. The molecular formula is C18H15NO3S. The lowest BCUT2D eigenvalue weighted by molar-refractivity contribution is 0.0695. The lowest BCUT2D eigenvalue weighted by Gasteiger charge is -2.16. The second-order valence-electron chi connectivity index (χ2n) is 5.26. The van der Waals surface area contributed by atoms with Gasteiger partial charge in [0.2, 0.25) is 0 Å². The Hall–Kier alpha value is -2.37. The molecule has 1 atom stereocenters. The third-order valence-electron chi connectivity index (χ3n) is 3.72. The van der Waals surface area contributed by atoms with Crippen LogP contribution in [0.5, 0.6) is 0 Å². The van der Waals surface area contributed by atoms with Gasteiger partial charge in [0.15, 0.2) is 4.90 Å². The van der Waals surface area contributed by atoms with E-state index in [-0.39, 0.29) is 10.5 Å². The molecule has 3 rings (SSSR count). The van der Waals surface area contributed by atoms with E-state index in [2.05, 4.69) is 4.98 Å². The number of carboxylic acids is 1. The number of benzene rings is 2. The molecule has 0 saturated heterocycles. The van der Waals surface area contributed by atoms with Crippen LogP contribution in [-0.2, 0) is 11.2 Å². The first-order chi connectivity index (χ1) is 11.0. The quantitative estimate of drug-likeness (QED) is 0.746. The highest BCUT2D eigenvalue weighted by atomic mass is 32.2. The van der Waals surface area contributed by atoms with Gasteiger partial charge in [0, 0.05) is 10.9 Å². The lowest BCUT2D eigenvalue weighted by Crippen LogP contribution is -2.12. The van der Waals surface area contributed by atoms with Gasteiger partial charge in [0.25, 0.3) is 0 Å². The molecule has 0 aliphatic carbocycles. The number of pyridine rings is 1. The van der Waals surface area contributed by atoms with Crippen LogP contribution in [0.25, 0.3) is 22.2 Å². The van der Waals surface area contributed by atoms with Gasteiger partial charge in [0.1, 0.15) is 17.5 Å². The summed E-state index contributed by atoms with van der Waals surface area (Å²) in [7, 11) is 0. The molecule has 3 aromatic rings. The molecule has 0 spiro atoms. The number of carbonyl (C=O) groups is 1. The molecule has 23 heavy (non-hydrogen) atoms. The van der Waals surface area contributed by atoms with E-state index in [9.17, 15) is 14.5 Å². The fourth-order valence-corrected chi connectivity index (χ4v) is 3.66. The zero-order valence-corrected chi connectivity index (χ0v) is 13.6. The summed E-state index contributed by atoms with van der Waals surface area (Å²) in [5.41, 5.74) is 2.69. The second kappa shape index (κ2) is 6.02. The van der Waals surface area contributed by atoms with Crippen molar-refractivity contribution in [3.8, 4) is 11.3 Å². The van der Waals surface area contributed by atoms with E-state index in [1.165, 1.54) is 6.26 Å². The molecule has 0 aliphatic rings. The van der Waals surface area contributed by atoms with Crippen LogP contribution in [0, 0.1) is 6.92 Å². The Labute approximate surface area is 137 Å². The molecule has 5 heteroatoms. The monoisotopic (exact) mass is 325 g/mol. The Bertz CT molecular complexity index is 892. The minimum absolute atomic E-state index is 0.0767. The van der Waals surface area contributed by atoms with Crippen LogP contribution >= 0.6 is 0 Å². The number of fused-ring (bicyclic) bond motifs is 1. The molecule has 1 heterocycles. The van der Waals surface area contributed by atoms with Gasteiger partial charge in [-0.25, -0.2) is 9.78 Å². The minimum Gasteiger partial charge on any atom is -0.612 e. The average Bonchev–Trinajstić information content (AvgIpc) is 2.54. The van der Waals surface area contributed by atoms with Gasteiger partial charge < -0.3 is 9.66 Å². The molecule has 0 fully saturated rings. The summed E-state index contributed by atoms with van der Waals surface area (Å²) in [5.74, 6) is -1.09. The van der Waals surface area contributed by atoms with Crippen molar-refractivity contribution in [2.75, 3.05) is 6.26 Å². The summed E-state index contributed by atoms with van der Waals surface area (Å²) in [6, 6.07) is 14.7. The van der Waals surface area contributed by atoms with Crippen molar-refractivity contribution in [3.63, 3.8) is 0 Å². The first kappa shape index (κ1) is 15.5. The number of aromatic nitrogens is 1. The van der Waals surface area contributed by atoms with E-state index in [0.717, 1.165) is 11.1 Å². The summed E-state index contributed by atoms with van der Waals surface area (Å²) >= 11 is -1.48. The summed E-state index contributed by atoms with van der Waals surface area (Å²) < 4.78 is 12.3. The van der Waals surface area contributed by atoms with Crippen molar-refractivity contribution in [2.24, 2.45) is 0 Å². The maximum Gasteiger partial charge on any atom is 0.341 e. The molecule has 1 unspecified atom stereocenters. The van der Waals surface area contributed by atoms with Gasteiger partial charge in [-0.15, -0.1) is 0 Å². The third-order valence-corrected chi connectivity index (χ3v) is 4.70. The van der Waals surface area contributed by atoms with Crippen LogP contribution in [0.2, 0.25) is 0 Å². The Morgan fingerprint density at radius 2 is 1.83 bits per heavy atom. The molecule has 1 aromatic heterocycles. The number of hydrogen-bond donors (Lipinski definition) is 1. The Morgan fingerprint density at radius 1 is 1.13 bits per heavy atom. The average molecular weight is 325 g/mol. The second-order valence-corrected chi connectivity index (χ2v) is 6.58. The van der Waals surface area contributed by atoms with Gasteiger partial charge in [-0.1, -0.05) is 42.5 Å². The number of aryl methyl sites for hydroxylation is 1. The molecule has 4 nitrogen and oxygen atoms in total. The molecular weight excluding hydrogens is 310 g/mol. The topological polar surface area (TPSA) is 73.2 Å². The maximum absolute atomic E-state index is 12.3. The first-order valence-electron chi connectivity index (χ1n) is 7.06. The van der Waals surface area contributed by atoms with Crippen molar-refractivity contribution in [1.29, 1.82) is 0 Å². The van der Waals surface area contributed by atoms with Crippen molar-refractivity contribution >= 4 is 28.0 Å². The standard InChI is InChI=1S/C18H15NO3S/c1-11-7-6-10-13-14(11)15(18(20)21)17(23(2)22)16(19-13)12-8-4-3-5-9-12/h3-10H,1-2H3,(H,20,21). The van der Waals surface area contributed by atoms with Crippen molar-refractivity contribution in [3.05, 3.63) is 59.7 Å². The van der Waals surface area contributed by atoms with Gasteiger partial charge in [-0.3, -0.25) is 0 Å². The molecule has 0 saturated carbocycles. The minimum atomic E-state index is -1.48. The van der Waals surface area contributed by atoms with Crippen LogP contribution in [0.15, 0.2) is 53.4 Å². The summed E-state index contributed by atoms with van der Waals surface area (Å²) in [4.78, 5) is 16.8. The van der Waals surface area contributed by atoms with Crippen molar-refractivity contribution in [1.82, 2.24) is 4.98 Å². The Kier molecular flexibility index (Phi) is 4.07. The molecule has 0 radical (unpaired) electrons. The van der Waals surface area contributed by atoms with Gasteiger partial charge in [-0.05, 0) is 29.7 Å². The number of carboxylic acid groups (broad SMARTS) is 1. The van der Waals surface area contributed by atoms with Crippen LogP contribution in [0.4, 0.5) is 0 Å². The van der Waals surface area contributed by atoms with Gasteiger partial charge >= 0.3 is 5.97 Å². The highest BCUT2D eigenvalue weighted by Gasteiger charge is 2.28. The number of rotatable bonds is 3. The van der Waals surface area contributed by atoms with E-state index in [0.29, 0.717) is 16.6 Å². The molecule has 116 valence electrons. The van der Waals surface area contributed by atoms with E-state index in [1.807, 2.05) is 49.4 Å². The van der Waals surface area contributed by atoms with Gasteiger partial charge in [-0.2, -0.15) is 0 Å². The number of nitrogens with zero attached hydrogens (tertiary/aromatic N) is 1. The summed E-state index contributed by atoms with van der Waals surface area (Å²) in [5, 5.41) is 10.3. The van der Waals surface area contributed by atoms with Crippen molar-refractivity contribution in [2.45, 2.75) is 11.8 Å². The van der Waals surface area contributed by atoms with Gasteiger partial charge in [0.05, 0.1) is 5.52 Å². The first-order valence-corrected chi connectivity index (χ1v) is 8.62. The lowest BCUT2D eigenvalue weighted by atomic mass is 10.0. The van der Waals surface area contributed by atoms with E-state index in [4.69, 9.17) is 0 Å². The SMILES string of the molecule is Cc1cccc2nc(-c3ccccc3)c([S+](C)[O-])c(C(=O)O)c12. The van der Waals surface area contributed by atoms with E-state index >= 15 is 0 Å². The summed E-state index contributed by atoms with van der Waals surface area (Å²) in [6.07, 6.45) is 1.49. The largest absolute Gasteiger partial charge is 0.612 e. The van der Waals surface area contributed by atoms with E-state index < -0.39 is 17.1 Å². The zero-order valence-electron chi connectivity index (χ0n) is 12.7. The maximum atomic E-state index is 12.3. The fraction of sp³-hybridized carbons (Fsp3) is 0.111. The van der Waals surface area contributed by atoms with Crippen LogP contribution < -0.4 is 0 Å². The van der Waals surface area contributed by atoms with Crippen molar-refractivity contribution < 1.29 is 14.5 Å². The highest BCUT2D eigenvalue weighted by Crippen LogP contribution is 2.34. The fourth-order valence-electron chi connectivity index (χ4n) is 2.75. The highest BCUT2D eigenvalue weighted by molar-refractivity contribution is 7.91. The molecule has 0 aliphatic heterocycles. The smallest absolute Gasteiger partial charge is 0.341 e. The van der Waals surface area contributed by atoms with E-state index in [1.54, 1.807) is 6.07 Å². The molecule has 1 N–H and O–H groups in total.